The lowest BCUT2D eigenvalue weighted by atomic mass is 10.1. The highest BCUT2D eigenvalue weighted by molar-refractivity contribution is 7.99. The first-order valence-electron chi connectivity index (χ1n) is 6.49. The van der Waals surface area contributed by atoms with Gasteiger partial charge in [0.15, 0.2) is 0 Å². The van der Waals surface area contributed by atoms with Gasteiger partial charge >= 0.3 is 0 Å². The molecule has 0 aliphatic carbocycles. The average Bonchev–Trinajstić information content (AvgIpc) is 2.46. The number of benzene rings is 2. The second kappa shape index (κ2) is 5.48. The van der Waals surface area contributed by atoms with E-state index in [1.54, 1.807) is 0 Å². The summed E-state index contributed by atoms with van der Waals surface area (Å²) in [5.74, 6) is 1.15. The predicted molar refractivity (Wildman–Crippen MR) is 83.9 cm³/mol. The number of anilines is 2. The fraction of sp³-hybridized carbons (Fsp3) is 0.250. The maximum Gasteiger partial charge on any atom is 0.0552 e. The van der Waals surface area contributed by atoms with E-state index in [-0.39, 0.29) is 0 Å². The highest BCUT2D eigenvalue weighted by Gasteiger charge is 2.23. The minimum Gasteiger partial charge on any atom is -0.339 e. The second-order valence-corrected chi connectivity index (χ2v) is 6.30. The summed E-state index contributed by atoms with van der Waals surface area (Å²) in [5, 5.41) is 0. The molecule has 2 aromatic rings. The molecule has 0 N–H and O–H groups in total. The van der Waals surface area contributed by atoms with Crippen molar-refractivity contribution in [1.82, 2.24) is 0 Å². The van der Waals surface area contributed by atoms with Gasteiger partial charge in [0.25, 0.3) is 0 Å². The molecule has 0 fully saturated rings. The molecule has 1 nitrogen and oxygen atoms in total. The summed E-state index contributed by atoms with van der Waals surface area (Å²) in [6.45, 7) is 3.15. The maximum absolute atomic E-state index is 5.99. The monoisotopic (exact) mass is 289 g/mol. The number of hydrogen-bond acceptors (Lipinski definition) is 2. The van der Waals surface area contributed by atoms with Crippen molar-refractivity contribution in [3.05, 3.63) is 48.5 Å². The summed E-state index contributed by atoms with van der Waals surface area (Å²) in [6.07, 6.45) is 0. The van der Waals surface area contributed by atoms with Crippen molar-refractivity contribution >= 4 is 34.7 Å². The summed E-state index contributed by atoms with van der Waals surface area (Å²) in [5.41, 5.74) is 2.59. The normalized spacial score (nSPS) is 14.7. The van der Waals surface area contributed by atoms with E-state index in [0.29, 0.717) is 11.8 Å². The molecule has 1 aliphatic heterocycles. The first-order chi connectivity index (χ1) is 9.29. The van der Waals surface area contributed by atoms with Crippen LogP contribution in [0.4, 0.5) is 11.4 Å². The zero-order valence-electron chi connectivity index (χ0n) is 10.8. The highest BCUT2D eigenvalue weighted by Crippen LogP contribution is 2.47. The van der Waals surface area contributed by atoms with Gasteiger partial charge in [0, 0.05) is 22.2 Å². The van der Waals surface area contributed by atoms with Gasteiger partial charge in [0.1, 0.15) is 0 Å². The number of alkyl halides is 1. The molecule has 0 spiro atoms. The molecule has 1 heterocycles. The molecule has 0 aromatic heterocycles. The third-order valence-electron chi connectivity index (χ3n) is 3.29. The molecule has 0 unspecified atom stereocenters. The van der Waals surface area contributed by atoms with Gasteiger partial charge < -0.3 is 4.90 Å². The summed E-state index contributed by atoms with van der Waals surface area (Å²) >= 11 is 7.84. The Morgan fingerprint density at radius 2 is 1.53 bits per heavy atom. The van der Waals surface area contributed by atoms with Crippen LogP contribution in [0, 0.1) is 5.92 Å². The standard InChI is InChI=1S/C16H16ClNS/c1-12(10-17)11-18-13-6-2-4-8-15(13)19-16-9-5-3-7-14(16)18/h2-9,12H,10-11H2,1H3/t12-/m0/s1. The Morgan fingerprint density at radius 1 is 1.00 bits per heavy atom. The van der Waals surface area contributed by atoms with E-state index in [1.807, 2.05) is 11.8 Å². The maximum atomic E-state index is 5.99. The largest absolute Gasteiger partial charge is 0.339 e. The van der Waals surface area contributed by atoms with Gasteiger partial charge in [-0.2, -0.15) is 0 Å². The van der Waals surface area contributed by atoms with Crippen LogP contribution >= 0.6 is 23.4 Å². The average molecular weight is 290 g/mol. The van der Waals surface area contributed by atoms with E-state index in [9.17, 15) is 0 Å². The van der Waals surface area contributed by atoms with E-state index in [4.69, 9.17) is 11.6 Å². The Labute approximate surface area is 123 Å². The Balaban J connectivity index is 2.06. The Bertz CT molecular complexity index is 539. The fourth-order valence-electron chi connectivity index (χ4n) is 2.34. The number of halogens is 1. The van der Waals surface area contributed by atoms with Crippen molar-refractivity contribution in [2.75, 3.05) is 17.3 Å². The van der Waals surface area contributed by atoms with Crippen molar-refractivity contribution in [2.24, 2.45) is 5.92 Å². The van der Waals surface area contributed by atoms with E-state index in [1.165, 1.54) is 21.2 Å². The van der Waals surface area contributed by atoms with Crippen molar-refractivity contribution < 1.29 is 0 Å². The fourth-order valence-corrected chi connectivity index (χ4v) is 3.53. The first-order valence-corrected chi connectivity index (χ1v) is 7.84. The Kier molecular flexibility index (Phi) is 3.72. The van der Waals surface area contributed by atoms with Gasteiger partial charge in [-0.3, -0.25) is 0 Å². The molecule has 3 heteroatoms. The van der Waals surface area contributed by atoms with E-state index in [0.717, 1.165) is 6.54 Å². The minimum atomic E-state index is 0.464. The molecule has 2 aromatic carbocycles. The molecule has 3 rings (SSSR count). The topological polar surface area (TPSA) is 3.24 Å². The van der Waals surface area contributed by atoms with Gasteiger partial charge in [-0.1, -0.05) is 43.0 Å². The van der Waals surface area contributed by atoms with Crippen LogP contribution < -0.4 is 4.90 Å². The highest BCUT2D eigenvalue weighted by atomic mass is 35.5. The second-order valence-electron chi connectivity index (χ2n) is 4.91. The van der Waals surface area contributed by atoms with E-state index < -0.39 is 0 Å². The number of hydrogen-bond donors (Lipinski definition) is 0. The lowest BCUT2D eigenvalue weighted by Gasteiger charge is -2.34. The van der Waals surface area contributed by atoms with Crippen LogP contribution in [0.3, 0.4) is 0 Å². The summed E-state index contributed by atoms with van der Waals surface area (Å²) < 4.78 is 0. The number of rotatable bonds is 3. The SMILES string of the molecule is C[C@@H](CCl)CN1c2ccccc2Sc2ccccc21. The van der Waals surface area contributed by atoms with Gasteiger partial charge in [0.05, 0.1) is 11.4 Å². The first kappa shape index (κ1) is 12.9. The lowest BCUT2D eigenvalue weighted by Crippen LogP contribution is -2.26. The van der Waals surface area contributed by atoms with Gasteiger partial charge in [-0.15, -0.1) is 11.6 Å². The molecule has 19 heavy (non-hydrogen) atoms. The third-order valence-corrected chi connectivity index (χ3v) is 4.95. The molecule has 98 valence electrons. The number of nitrogens with zero attached hydrogens (tertiary/aromatic N) is 1. The minimum absolute atomic E-state index is 0.464. The summed E-state index contributed by atoms with van der Waals surface area (Å²) in [7, 11) is 0. The Hall–Kier alpha value is -1.12. The molecule has 0 saturated heterocycles. The van der Waals surface area contributed by atoms with Crippen LogP contribution in [0.5, 0.6) is 0 Å². The van der Waals surface area contributed by atoms with Gasteiger partial charge in [-0.05, 0) is 30.2 Å². The van der Waals surface area contributed by atoms with Crippen molar-refractivity contribution in [2.45, 2.75) is 16.7 Å². The van der Waals surface area contributed by atoms with Crippen molar-refractivity contribution in [1.29, 1.82) is 0 Å². The summed E-state index contributed by atoms with van der Waals surface area (Å²) in [4.78, 5) is 5.04. The molecular weight excluding hydrogens is 274 g/mol. The van der Waals surface area contributed by atoms with Crippen LogP contribution in [-0.4, -0.2) is 12.4 Å². The summed E-state index contributed by atoms with van der Waals surface area (Å²) in [6, 6.07) is 17.2. The third kappa shape index (κ3) is 2.47. The Morgan fingerprint density at radius 3 is 2.05 bits per heavy atom. The lowest BCUT2D eigenvalue weighted by molar-refractivity contribution is 0.653. The zero-order chi connectivity index (χ0) is 13.2. The molecule has 0 radical (unpaired) electrons. The van der Waals surface area contributed by atoms with Crippen LogP contribution in [0.2, 0.25) is 0 Å². The van der Waals surface area contributed by atoms with Gasteiger partial charge in [0.2, 0.25) is 0 Å². The van der Waals surface area contributed by atoms with Gasteiger partial charge in [-0.25, -0.2) is 0 Å². The quantitative estimate of drug-likeness (QED) is 0.718. The van der Waals surface area contributed by atoms with Crippen LogP contribution in [0.25, 0.3) is 0 Å². The zero-order valence-corrected chi connectivity index (χ0v) is 12.4. The van der Waals surface area contributed by atoms with Crippen LogP contribution in [0.1, 0.15) is 6.92 Å². The molecular formula is C16H16ClNS. The molecule has 0 amide bonds. The van der Waals surface area contributed by atoms with E-state index in [2.05, 4.69) is 60.4 Å². The smallest absolute Gasteiger partial charge is 0.0552 e. The molecule has 1 aliphatic rings. The molecule has 0 saturated carbocycles. The molecule has 0 bridgehead atoms. The predicted octanol–water partition coefficient (Wildman–Crippen LogP) is 5.16. The van der Waals surface area contributed by atoms with Crippen molar-refractivity contribution in [3.63, 3.8) is 0 Å². The van der Waals surface area contributed by atoms with Crippen molar-refractivity contribution in [3.8, 4) is 0 Å². The molecule has 1 atom stereocenters. The van der Waals surface area contributed by atoms with Crippen LogP contribution in [-0.2, 0) is 0 Å². The number of fused-ring (bicyclic) bond motifs is 2. The van der Waals surface area contributed by atoms with E-state index >= 15 is 0 Å². The van der Waals surface area contributed by atoms with Crippen LogP contribution in [0.15, 0.2) is 58.3 Å². The number of para-hydroxylation sites is 2.